The first-order valence-corrected chi connectivity index (χ1v) is 19.3. The molecule has 1 saturated carbocycles. The lowest BCUT2D eigenvalue weighted by molar-refractivity contribution is -0.135. The van der Waals surface area contributed by atoms with Gasteiger partial charge in [0.1, 0.15) is 16.7 Å². The van der Waals surface area contributed by atoms with E-state index in [4.69, 9.17) is 21.1 Å². The zero-order valence-electron chi connectivity index (χ0n) is 30.1. The van der Waals surface area contributed by atoms with Crippen molar-refractivity contribution >= 4 is 40.1 Å². The summed E-state index contributed by atoms with van der Waals surface area (Å²) >= 11 is 6.40. The molecule has 7 unspecified atom stereocenters. The molecule has 5 rings (SSSR count). The number of anilines is 1. The predicted molar refractivity (Wildman–Crippen MR) is 197 cm³/mol. The number of ether oxygens (including phenoxy) is 2. The van der Waals surface area contributed by atoms with E-state index in [1.54, 1.807) is 13.2 Å². The molecule has 0 spiro atoms. The van der Waals surface area contributed by atoms with Gasteiger partial charge in [0, 0.05) is 50.2 Å². The molecule has 0 saturated heterocycles. The van der Waals surface area contributed by atoms with Crippen LogP contribution >= 0.6 is 11.6 Å². The van der Waals surface area contributed by atoms with E-state index in [1.165, 1.54) is 18.1 Å². The maximum atomic E-state index is 13.3. The second-order valence-corrected chi connectivity index (χ2v) is 15.8. The summed E-state index contributed by atoms with van der Waals surface area (Å²) in [4.78, 5) is 25.7. The van der Waals surface area contributed by atoms with E-state index in [-0.39, 0.29) is 35.6 Å². The standard InChI is InChI=1S/C33H43ClN2O4S.C5H8F3NO/c1-5-7-23-16-27(34)12-14-28(23)26-19-36-18-25-10-13-29(25)31(39-4)9-6-8-21(2)22(3)41(38)35-33(37)24-11-15-32(40-20-26)30(36)17-24;1-4(10)9-3-2-5(6,7)8/h6,9,11-12,14-17,21-22,25-26,29,31H,5,7-8,10,13,18-20H2,1-4H3,(H,35,37);2-3H2,1H3,(H,9,10)/b9-6+;. The van der Waals surface area contributed by atoms with Gasteiger partial charge in [0.25, 0.3) is 5.91 Å². The zero-order chi connectivity index (χ0) is 37.3. The summed E-state index contributed by atoms with van der Waals surface area (Å²) in [7, 11) is 0.296. The number of allylic oxidation sites excluding steroid dienone is 1. The number of alkyl halides is 3. The summed E-state index contributed by atoms with van der Waals surface area (Å²) in [6, 6.07) is 11.8. The molecule has 2 bridgehead atoms. The Morgan fingerprint density at radius 2 is 1.92 bits per heavy atom. The minimum Gasteiger partial charge on any atom is -0.491 e. The van der Waals surface area contributed by atoms with Gasteiger partial charge in [-0.3, -0.25) is 14.3 Å². The van der Waals surface area contributed by atoms with Gasteiger partial charge in [0.05, 0.1) is 30.1 Å². The first-order valence-electron chi connectivity index (χ1n) is 17.7. The number of amides is 2. The minimum absolute atomic E-state index is 0.0478. The lowest BCUT2D eigenvalue weighted by Crippen LogP contribution is -2.44. The topological polar surface area (TPSA) is 97.0 Å². The number of hydrogen-bond donors (Lipinski definition) is 2. The number of carbonyl (C=O) groups is 2. The van der Waals surface area contributed by atoms with Crippen LogP contribution in [-0.4, -0.2) is 66.9 Å². The number of nitrogens with zero attached hydrogens (tertiary/aromatic N) is 1. The molecule has 0 aromatic heterocycles. The normalized spacial score (nSPS) is 27.3. The molecule has 3 aliphatic rings. The minimum atomic E-state index is -4.18. The average molecular weight is 754 g/mol. The van der Waals surface area contributed by atoms with E-state index in [0.717, 1.165) is 61.7 Å². The molecule has 51 heavy (non-hydrogen) atoms. The van der Waals surface area contributed by atoms with Crippen molar-refractivity contribution < 1.29 is 36.4 Å². The van der Waals surface area contributed by atoms with Crippen molar-refractivity contribution in [2.24, 2.45) is 17.8 Å². The van der Waals surface area contributed by atoms with Crippen LogP contribution in [0, 0.1) is 17.8 Å². The van der Waals surface area contributed by atoms with Crippen LogP contribution in [0.4, 0.5) is 18.9 Å². The Morgan fingerprint density at radius 1 is 1.16 bits per heavy atom. The lowest BCUT2D eigenvalue weighted by atomic mass is 9.70. The highest BCUT2D eigenvalue weighted by molar-refractivity contribution is 7.84. The summed E-state index contributed by atoms with van der Waals surface area (Å²) in [6.45, 7) is 9.22. The van der Waals surface area contributed by atoms with E-state index in [9.17, 15) is 27.0 Å². The number of benzene rings is 2. The third kappa shape index (κ3) is 11.4. The molecular formula is C38H51ClF3N3O5S. The van der Waals surface area contributed by atoms with Crippen LogP contribution < -0.4 is 19.7 Å². The van der Waals surface area contributed by atoms with Crippen LogP contribution in [0.15, 0.2) is 48.6 Å². The van der Waals surface area contributed by atoms with E-state index in [0.29, 0.717) is 24.0 Å². The molecule has 1 fully saturated rings. The van der Waals surface area contributed by atoms with Crippen molar-refractivity contribution in [1.82, 2.24) is 10.0 Å². The molecule has 2 N–H and O–H groups in total. The van der Waals surface area contributed by atoms with Gasteiger partial charge in [-0.2, -0.15) is 13.2 Å². The molecule has 2 aromatic rings. The van der Waals surface area contributed by atoms with E-state index >= 15 is 0 Å². The van der Waals surface area contributed by atoms with Gasteiger partial charge in [0.15, 0.2) is 0 Å². The van der Waals surface area contributed by atoms with Crippen molar-refractivity contribution in [1.29, 1.82) is 0 Å². The van der Waals surface area contributed by atoms with E-state index in [1.807, 2.05) is 30.4 Å². The highest BCUT2D eigenvalue weighted by atomic mass is 35.5. The van der Waals surface area contributed by atoms with Crippen molar-refractivity contribution in [3.8, 4) is 5.75 Å². The van der Waals surface area contributed by atoms with Crippen LogP contribution in [0.5, 0.6) is 5.75 Å². The van der Waals surface area contributed by atoms with E-state index < -0.39 is 29.5 Å². The van der Waals surface area contributed by atoms with Gasteiger partial charge in [0.2, 0.25) is 5.91 Å². The molecule has 2 amide bonds. The van der Waals surface area contributed by atoms with Crippen molar-refractivity contribution in [3.63, 3.8) is 0 Å². The van der Waals surface area contributed by atoms with Crippen LogP contribution in [0.2, 0.25) is 5.02 Å². The van der Waals surface area contributed by atoms with Crippen LogP contribution in [0.3, 0.4) is 0 Å². The number of halogens is 4. The first kappa shape index (κ1) is 40.7. The number of fused-ring (bicyclic) bond motifs is 2. The Balaban J connectivity index is 0.000000510. The van der Waals surface area contributed by atoms with Gasteiger partial charge in [-0.05, 0) is 91.8 Å². The third-order valence-corrected chi connectivity index (χ3v) is 11.8. The lowest BCUT2D eigenvalue weighted by Gasteiger charge is -2.43. The fraction of sp³-hybridized carbons (Fsp3) is 0.579. The molecular weight excluding hydrogens is 703 g/mol. The van der Waals surface area contributed by atoms with Crippen LogP contribution in [0.25, 0.3) is 0 Å². The highest BCUT2D eigenvalue weighted by Crippen LogP contribution is 2.43. The monoisotopic (exact) mass is 753 g/mol. The smallest absolute Gasteiger partial charge is 0.390 e. The Kier molecular flexibility index (Phi) is 14.8. The number of nitrogens with one attached hydrogen (secondary N) is 2. The number of hydrogen-bond acceptors (Lipinski definition) is 6. The van der Waals surface area contributed by atoms with E-state index in [2.05, 4.69) is 47.8 Å². The zero-order valence-corrected chi connectivity index (χ0v) is 31.6. The molecule has 282 valence electrons. The summed E-state index contributed by atoms with van der Waals surface area (Å²) in [5.74, 6) is 1.20. The third-order valence-electron chi connectivity index (χ3n) is 10.1. The summed E-state index contributed by atoms with van der Waals surface area (Å²) in [6.07, 6.45) is 4.32. The fourth-order valence-corrected chi connectivity index (χ4v) is 8.06. The summed E-state index contributed by atoms with van der Waals surface area (Å²) in [5, 5.41) is 2.61. The van der Waals surface area contributed by atoms with Crippen molar-refractivity contribution in [2.45, 2.75) is 89.7 Å². The van der Waals surface area contributed by atoms with Crippen LogP contribution in [-0.2, 0) is 26.9 Å². The van der Waals surface area contributed by atoms with Gasteiger partial charge in [-0.15, -0.1) is 0 Å². The second-order valence-electron chi connectivity index (χ2n) is 13.8. The summed E-state index contributed by atoms with van der Waals surface area (Å²) in [5.41, 5.74) is 3.95. The molecule has 2 aromatic carbocycles. The Morgan fingerprint density at radius 3 is 2.57 bits per heavy atom. The second kappa shape index (κ2) is 18.6. The number of methoxy groups -OCH3 is 1. The summed E-state index contributed by atoms with van der Waals surface area (Å²) < 4.78 is 62.4. The van der Waals surface area contributed by atoms with Gasteiger partial charge < -0.3 is 19.7 Å². The largest absolute Gasteiger partial charge is 0.491 e. The molecule has 13 heteroatoms. The van der Waals surface area contributed by atoms with Crippen molar-refractivity contribution in [3.05, 3.63) is 70.3 Å². The Labute approximate surface area is 307 Å². The maximum Gasteiger partial charge on any atom is 0.390 e. The molecule has 0 radical (unpaired) electrons. The molecule has 8 nitrogen and oxygen atoms in total. The number of aryl methyl sites for hydroxylation is 1. The van der Waals surface area contributed by atoms with Gasteiger partial charge in [-0.1, -0.05) is 50.1 Å². The molecule has 2 heterocycles. The quantitative estimate of drug-likeness (QED) is 0.293. The molecule has 1 aliphatic carbocycles. The first-order chi connectivity index (χ1) is 24.2. The Bertz CT molecular complexity index is 1560. The van der Waals surface area contributed by atoms with Crippen LogP contribution in [0.1, 0.15) is 87.2 Å². The number of rotatable bonds is 6. The number of carbonyl (C=O) groups excluding carboxylic acids is 2. The Hall–Kier alpha value is -3.09. The van der Waals surface area contributed by atoms with Crippen molar-refractivity contribution in [2.75, 3.05) is 38.3 Å². The van der Waals surface area contributed by atoms with Gasteiger partial charge >= 0.3 is 6.18 Å². The SMILES string of the molecule is CC(=O)NCCC(F)(F)F.CCCc1cc(Cl)ccc1C1COc2ccc3cc2N(C1)CC1CCC1C(OC)/C=C/CC(C)C(C)S(=O)NC3=O. The fourth-order valence-electron chi connectivity index (χ4n) is 6.84. The van der Waals surface area contributed by atoms with Gasteiger partial charge in [-0.25, -0.2) is 4.21 Å². The predicted octanol–water partition coefficient (Wildman–Crippen LogP) is 7.77. The highest BCUT2D eigenvalue weighted by Gasteiger charge is 2.39. The average Bonchev–Trinajstić information content (AvgIpc) is 3.24. The molecule has 2 aliphatic heterocycles. The maximum absolute atomic E-state index is 13.3. The molecule has 7 atom stereocenters.